The second kappa shape index (κ2) is 13.0. The summed E-state index contributed by atoms with van der Waals surface area (Å²) in [5.41, 5.74) is 5.47. The highest BCUT2D eigenvalue weighted by molar-refractivity contribution is 5.79. The zero-order valence-corrected chi connectivity index (χ0v) is 18.7. The first-order chi connectivity index (χ1) is 14.0. The number of amides is 1. The van der Waals surface area contributed by atoms with Crippen molar-refractivity contribution >= 4 is 11.9 Å². The lowest BCUT2D eigenvalue weighted by molar-refractivity contribution is -0.123. The van der Waals surface area contributed by atoms with Crippen molar-refractivity contribution in [3.8, 4) is 0 Å². The van der Waals surface area contributed by atoms with Crippen molar-refractivity contribution in [3.63, 3.8) is 0 Å². The van der Waals surface area contributed by atoms with Crippen LogP contribution in [-0.4, -0.2) is 93.8 Å². The molecule has 1 amide bonds. The van der Waals surface area contributed by atoms with E-state index in [1.165, 1.54) is 6.42 Å². The van der Waals surface area contributed by atoms with E-state index in [-0.39, 0.29) is 11.8 Å². The predicted octanol–water partition coefficient (Wildman–Crippen LogP) is 0.486. The van der Waals surface area contributed by atoms with Gasteiger partial charge >= 0.3 is 0 Å². The maximum absolute atomic E-state index is 11.4. The van der Waals surface area contributed by atoms with Crippen LogP contribution in [0.2, 0.25) is 0 Å². The summed E-state index contributed by atoms with van der Waals surface area (Å²) in [6, 6.07) is 0.497. The molecule has 0 aromatic carbocycles. The second-order valence-electron chi connectivity index (χ2n) is 8.71. The number of piperidine rings is 1. The number of hydrogen-bond acceptors (Lipinski definition) is 5. The Kier molecular flexibility index (Phi) is 10.7. The third-order valence-corrected chi connectivity index (χ3v) is 5.89. The summed E-state index contributed by atoms with van der Waals surface area (Å²) >= 11 is 0. The molecule has 0 bridgehead atoms. The summed E-state index contributed by atoms with van der Waals surface area (Å²) in [7, 11) is 1.82. The Labute approximate surface area is 176 Å². The molecule has 8 nitrogen and oxygen atoms in total. The smallest absolute Gasteiger partial charge is 0.221 e. The summed E-state index contributed by atoms with van der Waals surface area (Å²) in [5.74, 6) is 1.38. The van der Waals surface area contributed by atoms with Crippen molar-refractivity contribution in [2.24, 2.45) is 22.6 Å². The van der Waals surface area contributed by atoms with E-state index in [9.17, 15) is 4.79 Å². The maximum atomic E-state index is 11.4. The summed E-state index contributed by atoms with van der Waals surface area (Å²) in [6.45, 7) is 12.8. The molecule has 0 radical (unpaired) electrons. The molecule has 0 aliphatic carbocycles. The number of ether oxygens (including phenoxy) is 1. The van der Waals surface area contributed by atoms with Crippen LogP contribution in [-0.2, 0) is 9.53 Å². The van der Waals surface area contributed by atoms with E-state index < -0.39 is 0 Å². The Hall–Kier alpha value is -1.38. The van der Waals surface area contributed by atoms with E-state index in [4.69, 9.17) is 10.5 Å². The molecule has 4 N–H and O–H groups in total. The summed E-state index contributed by atoms with van der Waals surface area (Å²) < 4.78 is 5.51. The number of morpholine rings is 1. The fourth-order valence-electron chi connectivity index (χ4n) is 4.28. The molecule has 2 aliphatic heterocycles. The molecule has 2 rings (SSSR count). The van der Waals surface area contributed by atoms with Gasteiger partial charge in [-0.15, -0.1) is 0 Å². The molecule has 2 fully saturated rings. The van der Waals surface area contributed by atoms with Gasteiger partial charge in [-0.1, -0.05) is 13.8 Å². The van der Waals surface area contributed by atoms with Crippen molar-refractivity contribution in [2.45, 2.75) is 45.6 Å². The van der Waals surface area contributed by atoms with Crippen LogP contribution in [0.1, 0.15) is 39.5 Å². The van der Waals surface area contributed by atoms with Gasteiger partial charge in [0.2, 0.25) is 5.91 Å². The van der Waals surface area contributed by atoms with Gasteiger partial charge in [0.25, 0.3) is 0 Å². The molecular formula is C21H42N6O2. The SMILES string of the molecule is CN=C(NCCCN1CCCC(C(N)=O)C1)NCC(CC(C)C)N1CCOCC1. The number of nitrogens with two attached hydrogens (primary N) is 1. The molecule has 8 heteroatoms. The Bertz CT molecular complexity index is 507. The lowest BCUT2D eigenvalue weighted by Gasteiger charge is -2.35. The second-order valence-corrected chi connectivity index (χ2v) is 8.71. The van der Waals surface area contributed by atoms with Crippen LogP contribution in [0, 0.1) is 11.8 Å². The van der Waals surface area contributed by atoms with Gasteiger partial charge in [-0.3, -0.25) is 14.7 Å². The molecule has 0 saturated carbocycles. The summed E-state index contributed by atoms with van der Waals surface area (Å²) in [4.78, 5) is 20.7. The zero-order chi connectivity index (χ0) is 21.1. The maximum Gasteiger partial charge on any atom is 0.221 e. The van der Waals surface area contributed by atoms with Crippen LogP contribution in [0.3, 0.4) is 0 Å². The van der Waals surface area contributed by atoms with Gasteiger partial charge in [0, 0.05) is 45.8 Å². The molecule has 0 aromatic heterocycles. The van der Waals surface area contributed by atoms with Crippen LogP contribution in [0.4, 0.5) is 0 Å². The highest BCUT2D eigenvalue weighted by Crippen LogP contribution is 2.16. The average molecular weight is 411 g/mol. The molecular weight excluding hydrogens is 368 g/mol. The van der Waals surface area contributed by atoms with Crippen LogP contribution in [0.15, 0.2) is 4.99 Å². The van der Waals surface area contributed by atoms with Gasteiger partial charge in [0.1, 0.15) is 0 Å². The third-order valence-electron chi connectivity index (χ3n) is 5.89. The monoisotopic (exact) mass is 410 g/mol. The number of hydrogen-bond donors (Lipinski definition) is 3. The Morgan fingerprint density at radius 1 is 1.24 bits per heavy atom. The summed E-state index contributed by atoms with van der Waals surface area (Å²) in [5, 5.41) is 6.95. The first kappa shape index (κ1) is 23.9. The molecule has 29 heavy (non-hydrogen) atoms. The molecule has 2 aliphatic rings. The molecule has 168 valence electrons. The Morgan fingerprint density at radius 3 is 2.66 bits per heavy atom. The van der Waals surface area contributed by atoms with E-state index in [2.05, 4.69) is 39.3 Å². The van der Waals surface area contributed by atoms with Crippen LogP contribution < -0.4 is 16.4 Å². The molecule has 2 saturated heterocycles. The largest absolute Gasteiger partial charge is 0.379 e. The number of rotatable bonds is 10. The number of nitrogens with zero attached hydrogens (tertiary/aromatic N) is 3. The molecule has 2 atom stereocenters. The number of carbonyl (C=O) groups excluding carboxylic acids is 1. The van der Waals surface area contributed by atoms with Crippen molar-refractivity contribution in [1.82, 2.24) is 20.4 Å². The van der Waals surface area contributed by atoms with Crippen molar-refractivity contribution < 1.29 is 9.53 Å². The predicted molar refractivity (Wildman–Crippen MR) is 118 cm³/mol. The van der Waals surface area contributed by atoms with Gasteiger partial charge in [-0.2, -0.15) is 0 Å². The first-order valence-electron chi connectivity index (χ1n) is 11.3. The van der Waals surface area contributed by atoms with Gasteiger partial charge < -0.3 is 26.0 Å². The van der Waals surface area contributed by atoms with Gasteiger partial charge in [0.15, 0.2) is 5.96 Å². The number of primary amides is 1. The van der Waals surface area contributed by atoms with E-state index in [1.807, 2.05) is 7.05 Å². The highest BCUT2D eigenvalue weighted by atomic mass is 16.5. The van der Waals surface area contributed by atoms with E-state index >= 15 is 0 Å². The lowest BCUT2D eigenvalue weighted by atomic mass is 9.97. The van der Waals surface area contributed by atoms with E-state index in [1.54, 1.807) is 0 Å². The Morgan fingerprint density at radius 2 is 2.00 bits per heavy atom. The van der Waals surface area contributed by atoms with Crippen molar-refractivity contribution in [2.75, 3.05) is 66.1 Å². The van der Waals surface area contributed by atoms with Crippen LogP contribution in [0.25, 0.3) is 0 Å². The normalized spacial score (nSPS) is 23.2. The minimum absolute atomic E-state index is 0.0178. The first-order valence-corrected chi connectivity index (χ1v) is 11.3. The molecule has 0 spiro atoms. The molecule has 2 heterocycles. The fourth-order valence-corrected chi connectivity index (χ4v) is 4.28. The average Bonchev–Trinajstić information content (AvgIpc) is 2.72. The van der Waals surface area contributed by atoms with Gasteiger partial charge in [-0.25, -0.2) is 0 Å². The highest BCUT2D eigenvalue weighted by Gasteiger charge is 2.24. The topological polar surface area (TPSA) is 95.2 Å². The van der Waals surface area contributed by atoms with Crippen molar-refractivity contribution in [1.29, 1.82) is 0 Å². The number of carbonyl (C=O) groups is 1. The standard InChI is InChI=1S/C21H42N6O2/c1-17(2)14-19(27-10-12-29-13-11-27)15-25-21(23-3)24-7-5-9-26-8-4-6-18(16-26)20(22)28/h17-19H,4-16H2,1-3H3,(H2,22,28)(H2,23,24,25). The fraction of sp³-hybridized carbons (Fsp3) is 0.905. The number of guanidine groups is 1. The van der Waals surface area contributed by atoms with E-state index in [0.717, 1.165) is 84.2 Å². The molecule has 0 aromatic rings. The zero-order valence-electron chi connectivity index (χ0n) is 18.7. The lowest BCUT2D eigenvalue weighted by Crippen LogP contribution is -2.51. The third kappa shape index (κ3) is 8.88. The number of nitrogens with one attached hydrogen (secondary N) is 2. The van der Waals surface area contributed by atoms with E-state index in [0.29, 0.717) is 12.0 Å². The molecule has 2 unspecified atom stereocenters. The van der Waals surface area contributed by atoms with Gasteiger partial charge in [-0.05, 0) is 44.7 Å². The van der Waals surface area contributed by atoms with Crippen LogP contribution in [0.5, 0.6) is 0 Å². The quantitative estimate of drug-likeness (QED) is 0.276. The van der Waals surface area contributed by atoms with Crippen molar-refractivity contribution in [3.05, 3.63) is 0 Å². The summed E-state index contributed by atoms with van der Waals surface area (Å²) in [6.07, 6.45) is 4.18. The number of likely N-dealkylation sites (tertiary alicyclic amines) is 1. The number of aliphatic imine (C=N–C) groups is 1. The minimum atomic E-state index is -0.159. The van der Waals surface area contributed by atoms with Crippen LogP contribution >= 0.6 is 0 Å². The van der Waals surface area contributed by atoms with Gasteiger partial charge in [0.05, 0.1) is 19.1 Å². The minimum Gasteiger partial charge on any atom is -0.379 e. The Balaban J connectivity index is 1.68.